The Bertz CT molecular complexity index is 1250. The maximum atomic E-state index is 12.6. The van der Waals surface area contributed by atoms with E-state index in [0.717, 1.165) is 77.0 Å². The molecule has 0 aliphatic rings. The van der Waals surface area contributed by atoms with E-state index in [1.54, 1.807) is 0 Å². The number of hydrogen-bond donors (Lipinski definition) is 2. The van der Waals surface area contributed by atoms with Crippen molar-refractivity contribution in [3.8, 4) is 0 Å². The molecule has 0 heterocycles. The Morgan fingerprint density at radius 3 is 1.26 bits per heavy atom. The number of nitrogens with two attached hydrogens (primary N) is 1. The highest BCUT2D eigenvalue weighted by atomic mass is 31.2. The molecule has 0 aliphatic carbocycles. The van der Waals surface area contributed by atoms with Gasteiger partial charge in [-0.25, -0.2) is 4.57 Å². The van der Waals surface area contributed by atoms with E-state index in [4.69, 9.17) is 24.3 Å². The third-order valence-electron chi connectivity index (χ3n) is 11.4. The van der Waals surface area contributed by atoms with Crippen molar-refractivity contribution in [1.29, 1.82) is 0 Å². The standard InChI is InChI=1S/C55H100NO8P/c1-3-5-7-9-11-13-15-17-19-20-21-22-23-24-25-26-27-28-29-30-31-32-34-35-37-39-41-43-45-47-54(57)61-51-53(52-63-65(59,60)62-50-49-56)64-55(58)48-46-44-42-40-38-36-33-18-16-14-12-10-8-6-4-2/h6,8,12,14-15,17-18,20-21,33,53H,3-5,7,9-11,13,16,19,22-32,34-52,56H2,1-2H3,(H,59,60)/b8-6-,14-12-,17-15-,21-20-,33-18-. The third-order valence-corrected chi connectivity index (χ3v) is 12.4. The molecule has 0 aromatic rings. The molecule has 9 nitrogen and oxygen atoms in total. The monoisotopic (exact) mass is 934 g/mol. The number of hydrogen-bond acceptors (Lipinski definition) is 8. The molecule has 0 spiro atoms. The summed E-state index contributed by atoms with van der Waals surface area (Å²) < 4.78 is 32.9. The van der Waals surface area contributed by atoms with E-state index in [9.17, 15) is 19.0 Å². The van der Waals surface area contributed by atoms with Crippen LogP contribution >= 0.6 is 7.82 Å². The zero-order chi connectivity index (χ0) is 47.4. The normalized spacial score (nSPS) is 13.6. The SMILES string of the molecule is CC/C=C\C/C=C\C/C=C\CCCCCCCC(=O)OC(COC(=O)CCCCCCCCCCCCCCCCCCC/C=C\C/C=C\CCCCCCC)COP(=O)(O)OCCN. The fourth-order valence-electron chi connectivity index (χ4n) is 7.45. The minimum Gasteiger partial charge on any atom is -0.462 e. The smallest absolute Gasteiger partial charge is 0.462 e. The zero-order valence-electron chi connectivity index (χ0n) is 42.0. The molecule has 0 saturated carbocycles. The lowest BCUT2D eigenvalue weighted by atomic mass is 10.0. The van der Waals surface area contributed by atoms with Crippen LogP contribution in [0.5, 0.6) is 0 Å². The van der Waals surface area contributed by atoms with Crippen LogP contribution in [0.4, 0.5) is 0 Å². The summed E-state index contributed by atoms with van der Waals surface area (Å²) in [7, 11) is -4.39. The number of rotatable bonds is 50. The van der Waals surface area contributed by atoms with Gasteiger partial charge >= 0.3 is 19.8 Å². The van der Waals surface area contributed by atoms with Crippen molar-refractivity contribution in [2.24, 2.45) is 5.73 Å². The van der Waals surface area contributed by atoms with Crippen molar-refractivity contribution >= 4 is 19.8 Å². The Morgan fingerprint density at radius 2 is 0.846 bits per heavy atom. The molecular formula is C55H100NO8P. The Balaban J connectivity index is 3.93. The maximum absolute atomic E-state index is 12.6. The number of phosphoric ester groups is 1. The maximum Gasteiger partial charge on any atom is 0.472 e. The van der Waals surface area contributed by atoms with Crippen LogP contribution in [0.2, 0.25) is 0 Å². The quantitative estimate of drug-likeness (QED) is 0.0265. The second kappa shape index (κ2) is 51.1. The first kappa shape index (κ1) is 62.7. The molecule has 10 heteroatoms. The fraction of sp³-hybridized carbons (Fsp3) is 0.782. The Hall–Kier alpha value is -2.29. The molecule has 0 aromatic carbocycles. The van der Waals surface area contributed by atoms with Crippen molar-refractivity contribution in [3.63, 3.8) is 0 Å². The minimum atomic E-state index is -4.39. The van der Waals surface area contributed by atoms with Crippen LogP contribution in [0.15, 0.2) is 60.8 Å². The van der Waals surface area contributed by atoms with Crippen LogP contribution < -0.4 is 5.73 Å². The van der Waals surface area contributed by atoms with Gasteiger partial charge in [0.25, 0.3) is 0 Å². The lowest BCUT2D eigenvalue weighted by molar-refractivity contribution is -0.161. The third kappa shape index (κ3) is 51.0. The Kier molecular flexibility index (Phi) is 49.3. The molecule has 2 atom stereocenters. The van der Waals surface area contributed by atoms with Crippen LogP contribution in [0.25, 0.3) is 0 Å². The molecule has 0 rings (SSSR count). The molecule has 0 aliphatic heterocycles. The summed E-state index contributed by atoms with van der Waals surface area (Å²) in [5, 5.41) is 0. The minimum absolute atomic E-state index is 0.0490. The average molecular weight is 934 g/mol. The first-order chi connectivity index (χ1) is 31.8. The molecule has 0 amide bonds. The van der Waals surface area contributed by atoms with E-state index in [0.29, 0.717) is 6.42 Å². The highest BCUT2D eigenvalue weighted by molar-refractivity contribution is 7.47. The van der Waals surface area contributed by atoms with Gasteiger partial charge in [0.15, 0.2) is 6.10 Å². The van der Waals surface area contributed by atoms with Crippen LogP contribution in [-0.4, -0.2) is 49.3 Å². The molecule has 65 heavy (non-hydrogen) atoms. The number of carbonyl (C=O) groups is 2. The fourth-order valence-corrected chi connectivity index (χ4v) is 8.21. The number of ether oxygens (including phenoxy) is 2. The van der Waals surface area contributed by atoms with Crippen LogP contribution in [-0.2, 0) is 32.7 Å². The molecule has 0 fully saturated rings. The van der Waals surface area contributed by atoms with Crippen molar-refractivity contribution < 1.29 is 37.6 Å². The van der Waals surface area contributed by atoms with E-state index in [1.165, 1.54) is 135 Å². The summed E-state index contributed by atoms with van der Waals surface area (Å²) in [6, 6.07) is 0. The molecule has 0 bridgehead atoms. The van der Waals surface area contributed by atoms with Crippen molar-refractivity contribution in [1.82, 2.24) is 0 Å². The van der Waals surface area contributed by atoms with Crippen LogP contribution in [0, 0.1) is 0 Å². The van der Waals surface area contributed by atoms with E-state index in [-0.39, 0.29) is 38.6 Å². The van der Waals surface area contributed by atoms with Crippen molar-refractivity contribution in [3.05, 3.63) is 60.8 Å². The Labute approximate surface area is 399 Å². The zero-order valence-corrected chi connectivity index (χ0v) is 42.9. The second-order valence-corrected chi connectivity index (χ2v) is 19.2. The summed E-state index contributed by atoms with van der Waals surface area (Å²) in [5.41, 5.74) is 5.36. The van der Waals surface area contributed by atoms with Gasteiger partial charge in [0.2, 0.25) is 0 Å². The predicted octanol–water partition coefficient (Wildman–Crippen LogP) is 16.4. The summed E-state index contributed by atoms with van der Waals surface area (Å²) in [6.07, 6.45) is 62.8. The van der Waals surface area contributed by atoms with Gasteiger partial charge in [0, 0.05) is 19.4 Å². The number of phosphoric acid groups is 1. The summed E-state index contributed by atoms with van der Waals surface area (Å²) in [4.78, 5) is 35.0. The second-order valence-electron chi connectivity index (χ2n) is 17.7. The highest BCUT2D eigenvalue weighted by Gasteiger charge is 2.26. The molecule has 0 aromatic heterocycles. The van der Waals surface area contributed by atoms with Gasteiger partial charge in [-0.2, -0.15) is 0 Å². The van der Waals surface area contributed by atoms with E-state index < -0.39 is 26.5 Å². The summed E-state index contributed by atoms with van der Waals surface area (Å²) in [5.74, 6) is -0.843. The van der Waals surface area contributed by atoms with Gasteiger partial charge < -0.3 is 20.1 Å². The highest BCUT2D eigenvalue weighted by Crippen LogP contribution is 2.43. The van der Waals surface area contributed by atoms with Gasteiger partial charge in [0.1, 0.15) is 6.61 Å². The largest absolute Gasteiger partial charge is 0.472 e. The van der Waals surface area contributed by atoms with Gasteiger partial charge in [0.05, 0.1) is 13.2 Å². The van der Waals surface area contributed by atoms with E-state index >= 15 is 0 Å². The lowest BCUT2D eigenvalue weighted by Gasteiger charge is -2.19. The van der Waals surface area contributed by atoms with Crippen LogP contribution in [0.1, 0.15) is 245 Å². The summed E-state index contributed by atoms with van der Waals surface area (Å²) >= 11 is 0. The number of allylic oxidation sites excluding steroid dienone is 10. The van der Waals surface area contributed by atoms with Crippen LogP contribution in [0.3, 0.4) is 0 Å². The summed E-state index contributed by atoms with van der Waals surface area (Å²) in [6.45, 7) is 3.61. The van der Waals surface area contributed by atoms with Crippen molar-refractivity contribution in [2.45, 2.75) is 251 Å². The van der Waals surface area contributed by atoms with Crippen molar-refractivity contribution in [2.75, 3.05) is 26.4 Å². The first-order valence-electron chi connectivity index (χ1n) is 26.8. The molecule has 378 valence electrons. The van der Waals surface area contributed by atoms with Gasteiger partial charge in [-0.05, 0) is 77.0 Å². The Morgan fingerprint density at radius 1 is 0.477 bits per heavy atom. The van der Waals surface area contributed by atoms with Gasteiger partial charge in [-0.1, -0.05) is 216 Å². The van der Waals surface area contributed by atoms with E-state index in [1.807, 2.05) is 0 Å². The molecule has 0 radical (unpaired) electrons. The molecular weight excluding hydrogens is 834 g/mol. The van der Waals surface area contributed by atoms with Gasteiger partial charge in [-0.3, -0.25) is 18.6 Å². The number of unbranched alkanes of at least 4 members (excludes halogenated alkanes) is 27. The lowest BCUT2D eigenvalue weighted by Crippen LogP contribution is -2.29. The molecule has 0 saturated heterocycles. The number of esters is 2. The number of carbonyl (C=O) groups excluding carboxylic acids is 2. The van der Waals surface area contributed by atoms with Gasteiger partial charge in [-0.15, -0.1) is 0 Å². The topological polar surface area (TPSA) is 134 Å². The average Bonchev–Trinajstić information content (AvgIpc) is 3.30. The molecule has 3 N–H and O–H groups in total. The van der Waals surface area contributed by atoms with E-state index in [2.05, 4.69) is 74.6 Å². The predicted molar refractivity (Wildman–Crippen MR) is 275 cm³/mol. The molecule has 2 unspecified atom stereocenters. The first-order valence-corrected chi connectivity index (χ1v) is 28.3.